The highest BCUT2D eigenvalue weighted by molar-refractivity contribution is 8.00. The summed E-state index contributed by atoms with van der Waals surface area (Å²) in [4.78, 5) is 22.1. The van der Waals surface area contributed by atoms with Crippen LogP contribution >= 0.6 is 11.8 Å². The number of nitrogens with one attached hydrogen (secondary N) is 1. The fourth-order valence-corrected chi connectivity index (χ4v) is 3.34. The van der Waals surface area contributed by atoms with Gasteiger partial charge < -0.3 is 10.4 Å². The molecule has 1 aromatic carbocycles. The topological polar surface area (TPSA) is 66.4 Å². The monoisotopic (exact) mass is 307 g/mol. The standard InChI is InChI=1S/C16H21NO3S/c18-15(10-21-11-16(19)20)17-14-8-6-13(7-9-14)12-4-2-1-3-5-12/h1-5,13-14H,6-11H2,(H,17,18)(H,19,20). The van der Waals surface area contributed by atoms with E-state index in [1.54, 1.807) is 0 Å². The van der Waals surface area contributed by atoms with E-state index < -0.39 is 5.97 Å². The molecular weight excluding hydrogens is 286 g/mol. The molecule has 1 amide bonds. The van der Waals surface area contributed by atoms with Crippen molar-refractivity contribution in [3.63, 3.8) is 0 Å². The minimum Gasteiger partial charge on any atom is -0.481 e. The second-order valence-corrected chi connectivity index (χ2v) is 6.40. The SMILES string of the molecule is O=C(O)CSCC(=O)NC1CCC(c2ccccc2)CC1. The van der Waals surface area contributed by atoms with Gasteiger partial charge in [0.05, 0.1) is 11.5 Å². The second kappa shape index (κ2) is 8.08. The van der Waals surface area contributed by atoms with Gasteiger partial charge in [0.15, 0.2) is 0 Å². The van der Waals surface area contributed by atoms with Crippen LogP contribution in [0, 0.1) is 0 Å². The van der Waals surface area contributed by atoms with Crippen LogP contribution in [0.3, 0.4) is 0 Å². The highest BCUT2D eigenvalue weighted by atomic mass is 32.2. The Kier molecular flexibility index (Phi) is 6.11. The maximum absolute atomic E-state index is 11.7. The number of carboxylic acid groups (broad SMARTS) is 1. The molecule has 2 rings (SSSR count). The number of hydrogen-bond acceptors (Lipinski definition) is 3. The van der Waals surface area contributed by atoms with Crippen molar-refractivity contribution in [2.45, 2.75) is 37.6 Å². The first kappa shape index (κ1) is 15.9. The minimum atomic E-state index is -0.879. The van der Waals surface area contributed by atoms with E-state index in [-0.39, 0.29) is 23.5 Å². The van der Waals surface area contributed by atoms with Crippen LogP contribution in [0.1, 0.15) is 37.2 Å². The normalized spacial score (nSPS) is 21.7. The molecule has 1 saturated carbocycles. The van der Waals surface area contributed by atoms with Gasteiger partial charge in [-0.2, -0.15) is 0 Å². The van der Waals surface area contributed by atoms with Crippen molar-refractivity contribution in [1.29, 1.82) is 0 Å². The molecule has 0 saturated heterocycles. The van der Waals surface area contributed by atoms with Crippen LogP contribution in [0.25, 0.3) is 0 Å². The molecule has 2 N–H and O–H groups in total. The van der Waals surface area contributed by atoms with Gasteiger partial charge in [-0.15, -0.1) is 11.8 Å². The third-order valence-electron chi connectivity index (χ3n) is 3.82. The van der Waals surface area contributed by atoms with Gasteiger partial charge in [-0.05, 0) is 37.2 Å². The van der Waals surface area contributed by atoms with Crippen LogP contribution in [0.4, 0.5) is 0 Å². The van der Waals surface area contributed by atoms with E-state index in [0.717, 1.165) is 37.4 Å². The Bertz CT molecular complexity index is 470. The zero-order valence-corrected chi connectivity index (χ0v) is 12.8. The number of carbonyl (C=O) groups is 2. The molecule has 1 aliphatic carbocycles. The fraction of sp³-hybridized carbons (Fsp3) is 0.500. The first-order valence-corrected chi connectivity index (χ1v) is 8.44. The smallest absolute Gasteiger partial charge is 0.313 e. The Morgan fingerprint density at radius 2 is 1.76 bits per heavy atom. The number of aliphatic carboxylic acids is 1. The van der Waals surface area contributed by atoms with Gasteiger partial charge in [0.25, 0.3) is 0 Å². The molecule has 1 fully saturated rings. The van der Waals surface area contributed by atoms with Crippen molar-refractivity contribution < 1.29 is 14.7 Å². The molecule has 0 bridgehead atoms. The molecule has 0 aromatic heterocycles. The van der Waals surface area contributed by atoms with Crippen molar-refractivity contribution in [2.24, 2.45) is 0 Å². The average Bonchev–Trinajstić information content (AvgIpc) is 2.48. The van der Waals surface area contributed by atoms with Gasteiger partial charge in [-0.1, -0.05) is 30.3 Å². The van der Waals surface area contributed by atoms with E-state index in [9.17, 15) is 9.59 Å². The summed E-state index contributed by atoms with van der Waals surface area (Å²) in [7, 11) is 0. The van der Waals surface area contributed by atoms with Gasteiger partial charge in [0, 0.05) is 6.04 Å². The molecule has 4 nitrogen and oxygen atoms in total. The number of benzene rings is 1. The van der Waals surface area contributed by atoms with Gasteiger partial charge in [-0.25, -0.2) is 0 Å². The Labute approximate surface area is 129 Å². The van der Waals surface area contributed by atoms with Crippen molar-refractivity contribution >= 4 is 23.6 Å². The number of hydrogen-bond donors (Lipinski definition) is 2. The molecule has 1 aromatic rings. The molecule has 0 heterocycles. The van der Waals surface area contributed by atoms with Crippen LogP contribution in [0.15, 0.2) is 30.3 Å². The highest BCUT2D eigenvalue weighted by Crippen LogP contribution is 2.32. The summed E-state index contributed by atoms with van der Waals surface area (Å²) in [6.45, 7) is 0. The van der Waals surface area contributed by atoms with Crippen molar-refractivity contribution in [1.82, 2.24) is 5.32 Å². The Morgan fingerprint density at radius 3 is 2.38 bits per heavy atom. The lowest BCUT2D eigenvalue weighted by atomic mass is 9.82. The van der Waals surface area contributed by atoms with Crippen LogP contribution in [0.2, 0.25) is 0 Å². The molecule has 0 unspecified atom stereocenters. The first-order chi connectivity index (χ1) is 10.1. The number of carboxylic acids is 1. The summed E-state index contributed by atoms with van der Waals surface area (Å²) < 4.78 is 0. The number of carbonyl (C=O) groups excluding carboxylic acids is 1. The zero-order chi connectivity index (χ0) is 15.1. The van der Waals surface area contributed by atoms with E-state index in [4.69, 9.17) is 5.11 Å². The molecule has 0 radical (unpaired) electrons. The van der Waals surface area contributed by atoms with Crippen molar-refractivity contribution in [3.8, 4) is 0 Å². The second-order valence-electron chi connectivity index (χ2n) is 5.41. The molecule has 21 heavy (non-hydrogen) atoms. The summed E-state index contributed by atoms with van der Waals surface area (Å²) in [6, 6.07) is 10.8. The molecule has 5 heteroatoms. The molecular formula is C16H21NO3S. The summed E-state index contributed by atoms with van der Waals surface area (Å²) >= 11 is 1.14. The molecule has 0 spiro atoms. The number of thioether (sulfide) groups is 1. The fourth-order valence-electron chi connectivity index (χ4n) is 2.80. The lowest BCUT2D eigenvalue weighted by molar-refractivity contribution is -0.133. The van der Waals surface area contributed by atoms with Crippen LogP contribution in [0.5, 0.6) is 0 Å². The van der Waals surface area contributed by atoms with E-state index in [1.165, 1.54) is 5.56 Å². The van der Waals surface area contributed by atoms with Gasteiger partial charge in [-0.3, -0.25) is 9.59 Å². The van der Waals surface area contributed by atoms with Gasteiger partial charge in [0.2, 0.25) is 5.91 Å². The average molecular weight is 307 g/mol. The van der Waals surface area contributed by atoms with Gasteiger partial charge in [0.1, 0.15) is 0 Å². The summed E-state index contributed by atoms with van der Waals surface area (Å²) in [6.07, 6.45) is 4.18. The number of rotatable bonds is 6. The maximum Gasteiger partial charge on any atom is 0.313 e. The summed E-state index contributed by atoms with van der Waals surface area (Å²) in [5, 5.41) is 11.5. The van der Waals surface area contributed by atoms with E-state index in [2.05, 4.69) is 29.6 Å². The Hall–Kier alpha value is -1.49. The zero-order valence-electron chi connectivity index (χ0n) is 12.0. The number of amides is 1. The van der Waals surface area contributed by atoms with E-state index in [1.807, 2.05) is 6.07 Å². The quantitative estimate of drug-likeness (QED) is 0.848. The molecule has 1 aliphatic rings. The lowest BCUT2D eigenvalue weighted by Crippen LogP contribution is -2.38. The van der Waals surface area contributed by atoms with Gasteiger partial charge >= 0.3 is 5.97 Å². The predicted molar refractivity (Wildman–Crippen MR) is 84.5 cm³/mol. The lowest BCUT2D eigenvalue weighted by Gasteiger charge is -2.29. The Morgan fingerprint density at radius 1 is 1.10 bits per heavy atom. The Balaban J connectivity index is 1.69. The van der Waals surface area contributed by atoms with E-state index >= 15 is 0 Å². The van der Waals surface area contributed by atoms with Crippen LogP contribution in [-0.2, 0) is 9.59 Å². The minimum absolute atomic E-state index is 0.0197. The first-order valence-electron chi connectivity index (χ1n) is 7.29. The molecule has 0 aliphatic heterocycles. The van der Waals surface area contributed by atoms with Crippen molar-refractivity contribution in [2.75, 3.05) is 11.5 Å². The van der Waals surface area contributed by atoms with Crippen LogP contribution in [-0.4, -0.2) is 34.5 Å². The van der Waals surface area contributed by atoms with E-state index in [0.29, 0.717) is 5.92 Å². The summed E-state index contributed by atoms with van der Waals surface area (Å²) in [5.74, 6) is -0.125. The summed E-state index contributed by atoms with van der Waals surface area (Å²) in [5.41, 5.74) is 1.39. The molecule has 0 atom stereocenters. The third kappa shape index (κ3) is 5.42. The maximum atomic E-state index is 11.7. The molecule has 114 valence electrons. The van der Waals surface area contributed by atoms with Crippen LogP contribution < -0.4 is 5.32 Å². The largest absolute Gasteiger partial charge is 0.481 e. The predicted octanol–water partition coefficient (Wildman–Crippen LogP) is 2.65. The highest BCUT2D eigenvalue weighted by Gasteiger charge is 2.23. The van der Waals surface area contributed by atoms with Crippen molar-refractivity contribution in [3.05, 3.63) is 35.9 Å². The third-order valence-corrected chi connectivity index (χ3v) is 4.74.